The third-order valence-corrected chi connectivity index (χ3v) is 22.2. The van der Waals surface area contributed by atoms with E-state index in [0.29, 0.717) is 17.5 Å². The predicted molar refractivity (Wildman–Crippen MR) is 136 cm³/mol. The van der Waals surface area contributed by atoms with Gasteiger partial charge in [0, 0.05) is 0 Å². The van der Waals surface area contributed by atoms with Gasteiger partial charge in [-0.25, -0.2) is 0 Å². The molecule has 0 bridgehead atoms. The van der Waals surface area contributed by atoms with Crippen LogP contribution in [0.3, 0.4) is 0 Å². The van der Waals surface area contributed by atoms with E-state index in [-0.39, 0.29) is 0 Å². The molecule has 0 N–H and O–H groups in total. The van der Waals surface area contributed by atoms with Gasteiger partial charge in [0.1, 0.15) is 0 Å². The standard InChI is InChI=1S/C15H21O3.3C4H9.Sn/c1-16-14-18-12-8-3-2-7-11-17-13-15-9-5-4-6-10-15;3*1-3-4-2;/h3-6,8-10,12H,2,7,11,13-14H2,1H3;3*1,3-4H2,2H3;/b8-3+;;;;. The zero-order valence-corrected chi connectivity index (χ0v) is 23.6. The van der Waals surface area contributed by atoms with Gasteiger partial charge in [-0.2, -0.15) is 0 Å². The summed E-state index contributed by atoms with van der Waals surface area (Å²) >= 11 is -2.48. The van der Waals surface area contributed by atoms with Crippen molar-refractivity contribution in [2.45, 2.75) is 96.2 Å². The molecule has 1 atom stereocenters. The van der Waals surface area contributed by atoms with Crippen LogP contribution < -0.4 is 0 Å². The second-order valence-electron chi connectivity index (χ2n) is 8.78. The van der Waals surface area contributed by atoms with E-state index in [1.54, 1.807) is 7.11 Å². The molecule has 3 nitrogen and oxygen atoms in total. The Labute approximate surface area is 196 Å². The molecule has 0 saturated carbocycles. The van der Waals surface area contributed by atoms with E-state index in [1.165, 1.54) is 57.4 Å². The van der Waals surface area contributed by atoms with Crippen molar-refractivity contribution in [1.29, 1.82) is 0 Å². The maximum atomic E-state index is 6.39. The summed E-state index contributed by atoms with van der Waals surface area (Å²) in [5.41, 5.74) is 1.24. The Morgan fingerprint density at radius 1 is 0.871 bits per heavy atom. The van der Waals surface area contributed by atoms with Crippen molar-refractivity contribution in [2.75, 3.05) is 20.5 Å². The van der Waals surface area contributed by atoms with E-state index in [0.717, 1.165) is 19.4 Å². The van der Waals surface area contributed by atoms with Gasteiger partial charge in [-0.05, 0) is 0 Å². The third-order valence-electron chi connectivity index (χ3n) is 6.14. The summed E-state index contributed by atoms with van der Waals surface area (Å²) in [7, 11) is 1.74. The Morgan fingerprint density at radius 3 is 2.03 bits per heavy atom. The maximum absolute atomic E-state index is 6.39. The van der Waals surface area contributed by atoms with Gasteiger partial charge in [0.2, 0.25) is 0 Å². The van der Waals surface area contributed by atoms with Crippen LogP contribution in [-0.4, -0.2) is 43.0 Å². The van der Waals surface area contributed by atoms with Gasteiger partial charge in [-0.1, -0.05) is 0 Å². The molecule has 0 radical (unpaired) electrons. The van der Waals surface area contributed by atoms with E-state index in [1.807, 2.05) is 6.07 Å². The number of ether oxygens (including phenoxy) is 3. The van der Waals surface area contributed by atoms with E-state index < -0.39 is 18.4 Å². The Morgan fingerprint density at radius 2 is 1.48 bits per heavy atom. The van der Waals surface area contributed by atoms with Crippen LogP contribution in [0.1, 0.15) is 77.7 Å². The van der Waals surface area contributed by atoms with Crippen LogP contribution in [0, 0.1) is 0 Å². The van der Waals surface area contributed by atoms with Gasteiger partial charge < -0.3 is 0 Å². The van der Waals surface area contributed by atoms with Gasteiger partial charge in [0.05, 0.1) is 0 Å². The molecule has 1 rings (SSSR count). The van der Waals surface area contributed by atoms with Crippen LogP contribution in [0.15, 0.2) is 42.5 Å². The van der Waals surface area contributed by atoms with Crippen LogP contribution in [-0.2, 0) is 20.8 Å². The molecule has 178 valence electrons. The van der Waals surface area contributed by atoms with Gasteiger partial charge >= 0.3 is 197 Å². The molecule has 0 aliphatic heterocycles. The average molecular weight is 539 g/mol. The summed E-state index contributed by atoms with van der Waals surface area (Å²) in [6.07, 6.45) is 14.8. The van der Waals surface area contributed by atoms with E-state index in [2.05, 4.69) is 57.2 Å². The first-order chi connectivity index (χ1) is 15.2. The Hall–Kier alpha value is -0.361. The first-order valence-electron chi connectivity index (χ1n) is 12.6. The summed E-state index contributed by atoms with van der Waals surface area (Å²) in [6.45, 7) is 8.90. The second kappa shape index (κ2) is 19.1. The zero-order chi connectivity index (χ0) is 22.6. The number of methoxy groups -OCH3 is 1. The van der Waals surface area contributed by atoms with Crippen molar-refractivity contribution in [2.24, 2.45) is 0 Å². The predicted octanol–water partition coefficient (Wildman–Crippen LogP) is 7.92. The van der Waals surface area contributed by atoms with Crippen molar-refractivity contribution in [3.63, 3.8) is 0 Å². The Balaban J connectivity index is 2.68. The number of unbranched alkanes of at least 4 members (excludes halogenated alkanes) is 4. The first kappa shape index (κ1) is 28.7. The van der Waals surface area contributed by atoms with Crippen molar-refractivity contribution >= 4 is 18.4 Å². The van der Waals surface area contributed by atoms with E-state index in [4.69, 9.17) is 14.2 Å². The summed E-state index contributed by atoms with van der Waals surface area (Å²) in [4.78, 5) is 0. The third kappa shape index (κ3) is 12.5. The SMILES string of the molecule is CCC[CH2][Sn]([CH2]CCC)([CH2]CCC)[CH](/C=C/CCCOCc1ccccc1)OCOC. The van der Waals surface area contributed by atoms with E-state index in [9.17, 15) is 0 Å². The number of benzene rings is 1. The fraction of sp³-hybridized carbons (Fsp3) is 0.704. The number of hydrogen-bond acceptors (Lipinski definition) is 3. The van der Waals surface area contributed by atoms with Crippen molar-refractivity contribution in [1.82, 2.24) is 0 Å². The van der Waals surface area contributed by atoms with Crippen molar-refractivity contribution < 1.29 is 14.2 Å². The molecule has 0 saturated heterocycles. The van der Waals surface area contributed by atoms with E-state index >= 15 is 0 Å². The summed E-state index contributed by atoms with van der Waals surface area (Å²) in [5, 5.41) is 0. The molecule has 0 heterocycles. The normalized spacial score (nSPS) is 13.2. The zero-order valence-electron chi connectivity index (χ0n) is 20.7. The molecular weight excluding hydrogens is 491 g/mol. The number of hydrogen-bond donors (Lipinski definition) is 0. The molecule has 31 heavy (non-hydrogen) atoms. The average Bonchev–Trinajstić information content (AvgIpc) is 2.81. The van der Waals surface area contributed by atoms with Gasteiger partial charge in [0.15, 0.2) is 0 Å². The number of allylic oxidation sites excluding steroid dienone is 1. The summed E-state index contributed by atoms with van der Waals surface area (Å²) in [5.74, 6) is 0. The monoisotopic (exact) mass is 540 g/mol. The van der Waals surface area contributed by atoms with Crippen LogP contribution in [0.4, 0.5) is 0 Å². The summed E-state index contributed by atoms with van der Waals surface area (Å²) < 4.78 is 22.3. The Kier molecular flexibility index (Phi) is 17.7. The van der Waals surface area contributed by atoms with Crippen LogP contribution in [0.5, 0.6) is 0 Å². The van der Waals surface area contributed by atoms with Crippen LogP contribution in [0.25, 0.3) is 0 Å². The molecule has 0 aliphatic rings. The fourth-order valence-corrected chi connectivity index (χ4v) is 20.6. The van der Waals surface area contributed by atoms with Crippen LogP contribution >= 0.6 is 0 Å². The molecule has 0 fully saturated rings. The van der Waals surface area contributed by atoms with Crippen molar-refractivity contribution in [3.05, 3.63) is 48.0 Å². The van der Waals surface area contributed by atoms with Crippen LogP contribution in [0.2, 0.25) is 13.3 Å². The quantitative estimate of drug-likeness (QED) is 0.0730. The molecule has 0 aliphatic carbocycles. The fourth-order valence-electron chi connectivity index (χ4n) is 4.25. The molecular formula is C27H48O3Sn. The topological polar surface area (TPSA) is 27.7 Å². The summed E-state index contributed by atoms with van der Waals surface area (Å²) in [6, 6.07) is 10.4. The molecule has 1 aromatic carbocycles. The van der Waals surface area contributed by atoms with Gasteiger partial charge in [0.25, 0.3) is 0 Å². The van der Waals surface area contributed by atoms with Gasteiger partial charge in [-0.15, -0.1) is 0 Å². The molecule has 1 unspecified atom stereocenters. The van der Waals surface area contributed by atoms with Gasteiger partial charge in [-0.3, -0.25) is 0 Å². The molecule has 0 spiro atoms. The van der Waals surface area contributed by atoms with Crippen molar-refractivity contribution in [3.8, 4) is 0 Å². The molecule has 0 amide bonds. The second-order valence-corrected chi connectivity index (χ2v) is 22.5. The minimum atomic E-state index is -2.48. The first-order valence-corrected chi connectivity index (χ1v) is 20.3. The minimum absolute atomic E-state index is 0.337. The molecule has 0 aromatic heterocycles. The number of rotatable bonds is 20. The Bertz CT molecular complexity index is 525. The molecule has 4 heteroatoms. The molecule has 1 aromatic rings.